The lowest BCUT2D eigenvalue weighted by atomic mass is 9.81. The molecule has 0 aliphatic carbocycles. The number of rotatable bonds is 5. The number of benzene rings is 1. The van der Waals surface area contributed by atoms with Gasteiger partial charge in [-0.1, -0.05) is 12.1 Å². The zero-order valence-corrected chi connectivity index (χ0v) is 15.9. The Morgan fingerprint density at radius 3 is 2.54 bits per heavy atom. The van der Waals surface area contributed by atoms with Crippen molar-refractivity contribution in [1.82, 2.24) is 14.9 Å². The second-order valence-corrected chi connectivity index (χ2v) is 7.49. The van der Waals surface area contributed by atoms with E-state index in [9.17, 15) is 13.9 Å². The standard InChI is InChI=1S/C20H23F2N3O3/c1-27-18-15(10-23-19(24-18)28-2)20(26)8-13-6-7-14(9-20)25(13)11-12-4-3-5-16(21)17(12)22/h3-5,10,13-14,26H,6-9,11H2,1-2H3. The van der Waals surface area contributed by atoms with Gasteiger partial charge in [-0.25, -0.2) is 13.8 Å². The molecule has 2 aromatic rings. The summed E-state index contributed by atoms with van der Waals surface area (Å²) in [5.74, 6) is -1.34. The van der Waals surface area contributed by atoms with Crippen LogP contribution in [0.4, 0.5) is 8.78 Å². The van der Waals surface area contributed by atoms with E-state index in [1.165, 1.54) is 20.3 Å². The fourth-order valence-corrected chi connectivity index (χ4v) is 4.59. The van der Waals surface area contributed by atoms with Crippen LogP contribution in [0.5, 0.6) is 11.9 Å². The van der Waals surface area contributed by atoms with Crippen LogP contribution in [-0.4, -0.2) is 46.3 Å². The summed E-state index contributed by atoms with van der Waals surface area (Å²) in [6.45, 7) is 0.325. The number of methoxy groups -OCH3 is 2. The van der Waals surface area contributed by atoms with Crippen molar-refractivity contribution in [2.24, 2.45) is 0 Å². The molecule has 2 aliphatic heterocycles. The van der Waals surface area contributed by atoms with Gasteiger partial charge in [-0.05, 0) is 31.7 Å². The number of nitrogens with zero attached hydrogens (tertiary/aromatic N) is 3. The number of fused-ring (bicyclic) bond motifs is 2. The third-order valence-corrected chi connectivity index (χ3v) is 5.91. The quantitative estimate of drug-likeness (QED) is 0.846. The monoisotopic (exact) mass is 391 g/mol. The molecule has 0 amide bonds. The van der Waals surface area contributed by atoms with E-state index in [1.54, 1.807) is 12.3 Å². The summed E-state index contributed by atoms with van der Waals surface area (Å²) in [6.07, 6.45) is 4.23. The first-order valence-corrected chi connectivity index (χ1v) is 9.31. The molecule has 1 N–H and O–H groups in total. The molecule has 0 spiro atoms. The topological polar surface area (TPSA) is 67.7 Å². The maximum absolute atomic E-state index is 14.1. The van der Waals surface area contributed by atoms with Gasteiger partial charge in [0.2, 0.25) is 5.88 Å². The Morgan fingerprint density at radius 1 is 1.18 bits per heavy atom. The minimum Gasteiger partial charge on any atom is -0.481 e. The van der Waals surface area contributed by atoms with Crippen molar-refractivity contribution in [3.05, 3.63) is 47.2 Å². The summed E-state index contributed by atoms with van der Waals surface area (Å²) in [5, 5.41) is 11.4. The summed E-state index contributed by atoms with van der Waals surface area (Å²) in [5.41, 5.74) is -0.266. The van der Waals surface area contributed by atoms with Gasteiger partial charge in [0.05, 0.1) is 25.4 Å². The second kappa shape index (κ2) is 7.25. The van der Waals surface area contributed by atoms with E-state index in [-0.39, 0.29) is 18.1 Å². The van der Waals surface area contributed by atoms with E-state index in [4.69, 9.17) is 9.47 Å². The van der Waals surface area contributed by atoms with Crippen LogP contribution in [0.3, 0.4) is 0 Å². The molecule has 0 radical (unpaired) electrons. The highest BCUT2D eigenvalue weighted by molar-refractivity contribution is 5.33. The number of aromatic nitrogens is 2. The van der Waals surface area contributed by atoms with Crippen LogP contribution >= 0.6 is 0 Å². The average molecular weight is 391 g/mol. The van der Waals surface area contributed by atoms with Crippen LogP contribution in [0.15, 0.2) is 24.4 Å². The highest BCUT2D eigenvalue weighted by Gasteiger charge is 2.49. The maximum atomic E-state index is 14.1. The third kappa shape index (κ3) is 3.20. The minimum absolute atomic E-state index is 0.0539. The molecule has 150 valence electrons. The summed E-state index contributed by atoms with van der Waals surface area (Å²) in [7, 11) is 2.96. The number of ether oxygens (including phenoxy) is 2. The van der Waals surface area contributed by atoms with Gasteiger partial charge in [-0.15, -0.1) is 0 Å². The zero-order valence-electron chi connectivity index (χ0n) is 15.9. The van der Waals surface area contributed by atoms with Crippen molar-refractivity contribution in [2.75, 3.05) is 14.2 Å². The molecule has 1 aromatic heterocycles. The predicted octanol–water partition coefficient (Wildman–Crippen LogP) is 2.79. The first-order chi connectivity index (χ1) is 13.4. The number of piperidine rings is 1. The fraction of sp³-hybridized carbons (Fsp3) is 0.500. The Bertz CT molecular complexity index is 866. The largest absolute Gasteiger partial charge is 0.481 e. The van der Waals surface area contributed by atoms with Gasteiger partial charge in [0, 0.05) is 30.4 Å². The Morgan fingerprint density at radius 2 is 1.89 bits per heavy atom. The van der Waals surface area contributed by atoms with Crippen molar-refractivity contribution in [1.29, 1.82) is 0 Å². The molecular weight excluding hydrogens is 368 g/mol. The van der Waals surface area contributed by atoms with E-state index in [0.717, 1.165) is 18.9 Å². The van der Waals surface area contributed by atoms with Crippen molar-refractivity contribution in [3.63, 3.8) is 0 Å². The first kappa shape index (κ1) is 19.0. The average Bonchev–Trinajstić information content (AvgIpc) is 2.94. The van der Waals surface area contributed by atoms with Crippen LogP contribution < -0.4 is 9.47 Å². The van der Waals surface area contributed by atoms with Crippen molar-refractivity contribution in [3.8, 4) is 11.9 Å². The SMILES string of the molecule is COc1ncc(C2(O)CC3CCC(C2)N3Cc2cccc(F)c2F)c(OC)n1. The number of aliphatic hydroxyl groups is 1. The molecule has 2 atom stereocenters. The van der Waals surface area contributed by atoms with Gasteiger partial charge in [0.25, 0.3) is 0 Å². The number of hydrogen-bond donors (Lipinski definition) is 1. The molecule has 6 nitrogen and oxygen atoms in total. The van der Waals surface area contributed by atoms with Crippen molar-refractivity contribution in [2.45, 2.75) is 49.9 Å². The predicted molar refractivity (Wildman–Crippen MR) is 97.0 cm³/mol. The summed E-state index contributed by atoms with van der Waals surface area (Å²) >= 11 is 0. The lowest BCUT2D eigenvalue weighted by Crippen LogP contribution is -2.49. The van der Waals surface area contributed by atoms with E-state index in [2.05, 4.69) is 14.9 Å². The van der Waals surface area contributed by atoms with E-state index in [1.807, 2.05) is 0 Å². The van der Waals surface area contributed by atoms with Gasteiger partial charge in [0.1, 0.15) is 0 Å². The molecule has 3 heterocycles. The number of halogens is 2. The van der Waals surface area contributed by atoms with Crippen molar-refractivity contribution < 1.29 is 23.4 Å². The van der Waals surface area contributed by atoms with Crippen molar-refractivity contribution >= 4 is 0 Å². The Hall–Kier alpha value is -2.32. The van der Waals surface area contributed by atoms with Gasteiger partial charge in [-0.3, -0.25) is 4.90 Å². The maximum Gasteiger partial charge on any atom is 0.319 e. The molecule has 8 heteroatoms. The molecule has 2 bridgehead atoms. The van der Waals surface area contributed by atoms with Gasteiger partial charge >= 0.3 is 6.01 Å². The van der Waals surface area contributed by atoms with Crippen LogP contribution in [0.2, 0.25) is 0 Å². The van der Waals surface area contributed by atoms with Crippen LogP contribution in [0, 0.1) is 11.6 Å². The van der Waals surface area contributed by atoms with E-state index >= 15 is 0 Å². The minimum atomic E-state index is -1.14. The molecule has 2 aliphatic rings. The summed E-state index contributed by atoms with van der Waals surface area (Å²) < 4.78 is 38.1. The molecule has 4 rings (SSSR count). The zero-order chi connectivity index (χ0) is 19.9. The highest BCUT2D eigenvalue weighted by Crippen LogP contribution is 2.48. The Labute approximate surface area is 162 Å². The molecule has 1 aromatic carbocycles. The lowest BCUT2D eigenvalue weighted by molar-refractivity contribution is -0.0615. The molecular formula is C20H23F2N3O3. The Kier molecular flexibility index (Phi) is 4.93. The van der Waals surface area contributed by atoms with Crippen LogP contribution in [0.1, 0.15) is 36.8 Å². The third-order valence-electron chi connectivity index (χ3n) is 5.91. The molecule has 2 saturated heterocycles. The number of hydrogen-bond acceptors (Lipinski definition) is 6. The molecule has 28 heavy (non-hydrogen) atoms. The summed E-state index contributed by atoms with van der Waals surface area (Å²) in [4.78, 5) is 10.5. The normalized spacial score (nSPS) is 27.0. The van der Waals surface area contributed by atoms with Crippen LogP contribution in [0.25, 0.3) is 0 Å². The first-order valence-electron chi connectivity index (χ1n) is 9.31. The molecule has 2 unspecified atom stereocenters. The van der Waals surface area contributed by atoms with Crippen LogP contribution in [-0.2, 0) is 12.1 Å². The fourth-order valence-electron chi connectivity index (χ4n) is 4.59. The molecule has 0 saturated carbocycles. The highest BCUT2D eigenvalue weighted by atomic mass is 19.2. The second-order valence-electron chi connectivity index (χ2n) is 7.49. The van der Waals surface area contributed by atoms with Gasteiger partial charge in [0.15, 0.2) is 11.6 Å². The smallest absolute Gasteiger partial charge is 0.319 e. The Balaban J connectivity index is 1.59. The lowest BCUT2D eigenvalue weighted by Gasteiger charge is -2.44. The van der Waals surface area contributed by atoms with Gasteiger partial charge < -0.3 is 14.6 Å². The summed E-state index contributed by atoms with van der Waals surface area (Å²) in [6, 6.07) is 4.54. The van der Waals surface area contributed by atoms with E-state index < -0.39 is 17.2 Å². The van der Waals surface area contributed by atoms with Gasteiger partial charge in [-0.2, -0.15) is 4.98 Å². The van der Waals surface area contributed by atoms with E-state index in [0.29, 0.717) is 36.4 Å². The molecule has 2 fully saturated rings.